The third-order valence-corrected chi connectivity index (χ3v) is 5.76. The molecule has 0 saturated carbocycles. The zero-order chi connectivity index (χ0) is 22.0. The third-order valence-electron chi connectivity index (χ3n) is 4.46. The summed E-state index contributed by atoms with van der Waals surface area (Å²) in [4.78, 5) is 24.6. The minimum absolute atomic E-state index is 0.0377. The van der Waals surface area contributed by atoms with Crippen LogP contribution in [-0.4, -0.2) is 33.4 Å². The molecule has 1 aliphatic heterocycles. The number of ether oxygens (including phenoxy) is 1. The lowest BCUT2D eigenvalue weighted by Crippen LogP contribution is -2.34. The van der Waals surface area contributed by atoms with Crippen LogP contribution < -0.4 is 10.2 Å². The molecule has 31 heavy (non-hydrogen) atoms. The van der Waals surface area contributed by atoms with Gasteiger partial charge in [-0.1, -0.05) is 23.9 Å². The summed E-state index contributed by atoms with van der Waals surface area (Å²) >= 11 is 6.40. The topological polar surface area (TPSA) is 92.0 Å². The molecule has 9 heteroatoms. The molecule has 1 aromatic heterocycles. The molecule has 2 heterocycles. The Morgan fingerprint density at radius 2 is 1.90 bits per heavy atom. The number of hydrogen-bond acceptors (Lipinski definition) is 7. The van der Waals surface area contributed by atoms with Crippen LogP contribution in [-0.2, 0) is 4.79 Å². The number of thioether (sulfide) groups is 1. The third kappa shape index (κ3) is 4.32. The lowest BCUT2D eigenvalue weighted by atomic mass is 10.2. The van der Waals surface area contributed by atoms with E-state index in [4.69, 9.17) is 21.4 Å². The van der Waals surface area contributed by atoms with Crippen molar-refractivity contribution in [2.75, 3.05) is 12.5 Å². The van der Waals surface area contributed by atoms with Gasteiger partial charge in [-0.05, 0) is 60.7 Å². The number of anilines is 1. The Balaban J connectivity index is 1.54. The van der Waals surface area contributed by atoms with Crippen molar-refractivity contribution in [3.05, 3.63) is 76.9 Å². The maximum atomic E-state index is 12.8. The predicted molar refractivity (Wildman–Crippen MR) is 123 cm³/mol. The molecule has 156 valence electrons. The van der Waals surface area contributed by atoms with Crippen LogP contribution in [0.15, 0.2) is 70.0 Å². The van der Waals surface area contributed by atoms with Crippen molar-refractivity contribution < 1.29 is 23.8 Å². The van der Waals surface area contributed by atoms with Crippen molar-refractivity contribution in [2.45, 2.75) is 0 Å². The van der Waals surface area contributed by atoms with Crippen molar-refractivity contribution >= 4 is 51.9 Å². The highest BCUT2D eigenvalue weighted by Crippen LogP contribution is 2.34. The summed E-state index contributed by atoms with van der Waals surface area (Å²) in [6, 6.07) is 17.3. The Hall–Kier alpha value is -3.56. The summed E-state index contributed by atoms with van der Waals surface area (Å²) in [6.45, 7) is 0. The van der Waals surface area contributed by atoms with Gasteiger partial charge in [0, 0.05) is 11.6 Å². The number of hydrazine groups is 1. The quantitative estimate of drug-likeness (QED) is 0.404. The SMILES string of the molecule is COc1ccc(-c2ccc(C=C3SC(=S)N(Nc4ccccc4C(=O)O)C3=O)o2)cc1. The van der Waals surface area contributed by atoms with E-state index >= 15 is 0 Å². The fourth-order valence-electron chi connectivity index (χ4n) is 2.92. The van der Waals surface area contributed by atoms with Gasteiger partial charge in [0.1, 0.15) is 17.3 Å². The van der Waals surface area contributed by atoms with E-state index in [1.54, 1.807) is 37.5 Å². The molecular formula is C22H16N2O5S2. The fraction of sp³-hybridized carbons (Fsp3) is 0.0455. The number of carboxylic acid groups (broad SMARTS) is 1. The van der Waals surface area contributed by atoms with Gasteiger partial charge < -0.3 is 14.3 Å². The number of carbonyl (C=O) groups is 2. The average Bonchev–Trinajstić information content (AvgIpc) is 3.34. The van der Waals surface area contributed by atoms with Crippen LogP contribution in [0.4, 0.5) is 5.69 Å². The number of rotatable bonds is 6. The number of benzene rings is 2. The largest absolute Gasteiger partial charge is 0.497 e. The zero-order valence-electron chi connectivity index (χ0n) is 16.2. The second-order valence-electron chi connectivity index (χ2n) is 6.41. The minimum atomic E-state index is -1.11. The summed E-state index contributed by atoms with van der Waals surface area (Å²) in [7, 11) is 1.60. The minimum Gasteiger partial charge on any atom is -0.497 e. The molecule has 0 unspecified atom stereocenters. The summed E-state index contributed by atoms with van der Waals surface area (Å²) in [6.07, 6.45) is 1.61. The van der Waals surface area contributed by atoms with E-state index < -0.39 is 11.9 Å². The van der Waals surface area contributed by atoms with Gasteiger partial charge in [-0.25, -0.2) is 9.80 Å². The first-order valence-corrected chi connectivity index (χ1v) is 10.3. The summed E-state index contributed by atoms with van der Waals surface area (Å²) in [5.74, 6) is 0.398. The zero-order valence-corrected chi connectivity index (χ0v) is 17.8. The van der Waals surface area contributed by atoms with Gasteiger partial charge in [-0.15, -0.1) is 0 Å². The molecule has 2 aromatic carbocycles. The Kier molecular flexibility index (Phi) is 5.79. The molecule has 1 fully saturated rings. The first-order chi connectivity index (χ1) is 15.0. The molecular weight excluding hydrogens is 436 g/mol. The van der Waals surface area contributed by atoms with Crippen LogP contribution in [0.25, 0.3) is 17.4 Å². The van der Waals surface area contributed by atoms with Crippen LogP contribution in [0, 0.1) is 0 Å². The molecule has 2 N–H and O–H groups in total. The van der Waals surface area contributed by atoms with Crippen LogP contribution in [0.2, 0.25) is 0 Å². The molecule has 7 nitrogen and oxygen atoms in total. The highest BCUT2D eigenvalue weighted by Gasteiger charge is 2.33. The summed E-state index contributed by atoms with van der Waals surface area (Å²) < 4.78 is 11.3. The van der Waals surface area contributed by atoms with Crippen molar-refractivity contribution in [3.8, 4) is 17.1 Å². The smallest absolute Gasteiger partial charge is 0.337 e. The molecule has 3 aromatic rings. The Labute approximate surface area is 187 Å². The predicted octanol–water partition coefficient (Wildman–Crippen LogP) is 4.88. The van der Waals surface area contributed by atoms with Crippen LogP contribution in [0.1, 0.15) is 16.1 Å². The number of carboxylic acids is 1. The van der Waals surface area contributed by atoms with Crippen LogP contribution in [0.5, 0.6) is 5.75 Å². The molecule has 0 aliphatic carbocycles. The van der Waals surface area contributed by atoms with E-state index in [-0.39, 0.29) is 15.6 Å². The molecule has 1 aliphatic rings. The molecule has 0 bridgehead atoms. The van der Waals surface area contributed by atoms with Gasteiger partial charge in [0.25, 0.3) is 5.91 Å². The van der Waals surface area contributed by atoms with Crippen molar-refractivity contribution in [1.29, 1.82) is 0 Å². The number of aromatic carboxylic acids is 1. The number of thiocarbonyl (C=S) groups is 1. The average molecular weight is 453 g/mol. The molecule has 4 rings (SSSR count). The normalized spacial score (nSPS) is 14.9. The van der Waals surface area contributed by atoms with E-state index in [0.29, 0.717) is 16.4 Å². The van der Waals surface area contributed by atoms with Gasteiger partial charge in [-0.2, -0.15) is 0 Å². The fourth-order valence-corrected chi connectivity index (χ4v) is 4.08. The number of amides is 1. The summed E-state index contributed by atoms with van der Waals surface area (Å²) in [5.41, 5.74) is 3.99. The van der Waals surface area contributed by atoms with Gasteiger partial charge in [0.15, 0.2) is 4.32 Å². The maximum Gasteiger partial charge on any atom is 0.337 e. The van der Waals surface area contributed by atoms with E-state index in [1.165, 1.54) is 6.07 Å². The van der Waals surface area contributed by atoms with Gasteiger partial charge in [-0.3, -0.25) is 10.2 Å². The summed E-state index contributed by atoms with van der Waals surface area (Å²) in [5, 5.41) is 10.5. The van der Waals surface area contributed by atoms with E-state index in [0.717, 1.165) is 28.1 Å². The van der Waals surface area contributed by atoms with E-state index in [1.807, 2.05) is 30.3 Å². The number of para-hydroxylation sites is 1. The number of hydrogen-bond donors (Lipinski definition) is 2. The second kappa shape index (κ2) is 8.66. The Bertz CT molecular complexity index is 1200. The van der Waals surface area contributed by atoms with E-state index in [9.17, 15) is 14.7 Å². The first kappa shape index (κ1) is 20.7. The second-order valence-corrected chi connectivity index (χ2v) is 8.09. The number of nitrogens with zero attached hydrogens (tertiary/aromatic N) is 1. The molecule has 1 saturated heterocycles. The Morgan fingerprint density at radius 1 is 1.16 bits per heavy atom. The standard InChI is InChI=1S/C22H16N2O5S2/c1-28-14-8-6-13(7-9-14)18-11-10-15(29-18)12-19-20(25)24(22(30)31-19)23-17-5-3-2-4-16(17)21(26)27/h2-12,23H,1H3,(H,26,27). The van der Waals surface area contributed by atoms with Gasteiger partial charge >= 0.3 is 5.97 Å². The molecule has 0 spiro atoms. The van der Waals surface area contributed by atoms with Crippen LogP contribution in [0.3, 0.4) is 0 Å². The highest BCUT2D eigenvalue weighted by atomic mass is 32.2. The van der Waals surface area contributed by atoms with Crippen LogP contribution >= 0.6 is 24.0 Å². The van der Waals surface area contributed by atoms with E-state index in [2.05, 4.69) is 5.43 Å². The van der Waals surface area contributed by atoms with Crippen molar-refractivity contribution in [1.82, 2.24) is 5.01 Å². The molecule has 0 atom stereocenters. The molecule has 0 radical (unpaired) electrons. The number of methoxy groups -OCH3 is 1. The maximum absolute atomic E-state index is 12.8. The lowest BCUT2D eigenvalue weighted by Gasteiger charge is -2.18. The monoisotopic (exact) mass is 452 g/mol. The first-order valence-electron chi connectivity index (χ1n) is 9.07. The lowest BCUT2D eigenvalue weighted by molar-refractivity contribution is -0.121. The number of carbonyl (C=O) groups excluding carboxylic acids is 1. The molecule has 1 amide bonds. The number of furan rings is 1. The number of nitrogens with one attached hydrogen (secondary N) is 1. The Morgan fingerprint density at radius 3 is 2.61 bits per heavy atom. The van der Waals surface area contributed by atoms with Gasteiger partial charge in [0.05, 0.1) is 23.3 Å². The van der Waals surface area contributed by atoms with Crippen molar-refractivity contribution in [3.63, 3.8) is 0 Å². The van der Waals surface area contributed by atoms with Gasteiger partial charge in [0.2, 0.25) is 0 Å². The highest BCUT2D eigenvalue weighted by molar-refractivity contribution is 8.26. The van der Waals surface area contributed by atoms with Crippen molar-refractivity contribution in [2.24, 2.45) is 0 Å².